The fraction of sp³-hybridized carbons (Fsp3) is 1.00. The van der Waals surface area contributed by atoms with Gasteiger partial charge in [0.1, 0.15) is 0 Å². The second kappa shape index (κ2) is 4.09. The number of nitrogens with zero attached hydrogens (tertiary/aromatic N) is 1. The van der Waals surface area contributed by atoms with Crippen molar-refractivity contribution in [2.24, 2.45) is 5.14 Å². The summed E-state index contributed by atoms with van der Waals surface area (Å²) in [5.41, 5.74) is 0. The minimum Gasteiger partial charge on any atom is -0.314 e. The van der Waals surface area contributed by atoms with Gasteiger partial charge in [0.05, 0.1) is 12.4 Å². The van der Waals surface area contributed by atoms with E-state index in [1.54, 1.807) is 0 Å². The van der Waals surface area contributed by atoms with Gasteiger partial charge in [0.2, 0.25) is 10.0 Å². The van der Waals surface area contributed by atoms with E-state index in [4.69, 9.17) is 0 Å². The molecule has 0 rings (SSSR count). The zero-order valence-corrected chi connectivity index (χ0v) is 6.41. The second-order valence-electron chi connectivity index (χ2n) is 1.78. The topological polar surface area (TPSA) is 113 Å². The Morgan fingerprint density at radius 3 is 2.45 bits per heavy atom. The first-order valence-corrected chi connectivity index (χ1v) is 4.41. The quantitative estimate of drug-likeness (QED) is 0.330. The van der Waals surface area contributed by atoms with Crippen molar-refractivity contribution in [2.45, 2.75) is 6.42 Å². The first kappa shape index (κ1) is 10.1. The van der Waals surface area contributed by atoms with Crippen LogP contribution in [-0.4, -0.2) is 25.9 Å². The van der Waals surface area contributed by atoms with Crippen LogP contribution < -0.4 is 5.14 Å². The van der Waals surface area contributed by atoms with Crippen LogP contribution in [0.4, 0.5) is 0 Å². The molecule has 0 aromatic carbocycles. The summed E-state index contributed by atoms with van der Waals surface area (Å²) in [6.45, 7) is -0.247. The number of primary sulfonamides is 1. The van der Waals surface area contributed by atoms with Gasteiger partial charge in [-0.1, -0.05) is 0 Å². The van der Waals surface area contributed by atoms with Crippen LogP contribution in [0, 0.1) is 10.1 Å². The van der Waals surface area contributed by atoms with Gasteiger partial charge in [-0.25, -0.2) is 13.6 Å². The summed E-state index contributed by atoms with van der Waals surface area (Å²) in [5.74, 6) is -0.305. The molecule has 0 amide bonds. The average molecular weight is 184 g/mol. The van der Waals surface area contributed by atoms with Gasteiger partial charge in [-0.05, 0) is 6.42 Å². The molecule has 0 saturated carbocycles. The van der Waals surface area contributed by atoms with Gasteiger partial charge in [-0.15, -0.1) is 10.1 Å². The smallest absolute Gasteiger partial charge is 0.294 e. The summed E-state index contributed by atoms with van der Waals surface area (Å²) in [6, 6.07) is 0. The van der Waals surface area contributed by atoms with Crippen molar-refractivity contribution in [1.29, 1.82) is 0 Å². The van der Waals surface area contributed by atoms with Gasteiger partial charge < -0.3 is 4.84 Å². The lowest BCUT2D eigenvalue weighted by Crippen LogP contribution is -2.18. The molecule has 11 heavy (non-hydrogen) atoms. The van der Waals surface area contributed by atoms with Crippen LogP contribution >= 0.6 is 0 Å². The van der Waals surface area contributed by atoms with Crippen molar-refractivity contribution in [2.75, 3.05) is 12.4 Å². The third-order valence-electron chi connectivity index (χ3n) is 0.770. The maximum atomic E-state index is 10.2. The molecule has 0 fully saturated rings. The second-order valence-corrected chi connectivity index (χ2v) is 3.51. The number of rotatable bonds is 5. The van der Waals surface area contributed by atoms with Gasteiger partial charge in [0.25, 0.3) is 5.09 Å². The summed E-state index contributed by atoms with van der Waals surface area (Å²) >= 11 is 0. The van der Waals surface area contributed by atoms with E-state index >= 15 is 0 Å². The lowest BCUT2D eigenvalue weighted by atomic mass is 10.5. The molecule has 0 atom stereocenters. The standard InChI is InChI=1S/C3H8N2O5S/c4-11(8,9)3-1-2-10-5(6)7/h1-3H2,(H2,4,8,9). The first-order valence-electron chi connectivity index (χ1n) is 2.69. The number of nitrogens with two attached hydrogens (primary N) is 1. The maximum absolute atomic E-state index is 10.2. The van der Waals surface area contributed by atoms with Crippen LogP contribution in [0.1, 0.15) is 6.42 Å². The third-order valence-corrected chi connectivity index (χ3v) is 1.63. The minimum atomic E-state index is -3.52. The van der Waals surface area contributed by atoms with Crippen LogP contribution in [0.5, 0.6) is 0 Å². The Kier molecular flexibility index (Phi) is 3.76. The van der Waals surface area contributed by atoms with Crippen molar-refractivity contribution in [3.63, 3.8) is 0 Å². The molecule has 66 valence electrons. The Morgan fingerprint density at radius 2 is 2.09 bits per heavy atom. The molecule has 0 radical (unpaired) electrons. The molecule has 7 nitrogen and oxygen atoms in total. The molecular formula is C3H8N2O5S. The summed E-state index contributed by atoms with van der Waals surface area (Å²) in [4.78, 5) is 13.4. The van der Waals surface area contributed by atoms with E-state index < -0.39 is 15.1 Å². The van der Waals surface area contributed by atoms with Crippen LogP contribution in [-0.2, 0) is 14.9 Å². The van der Waals surface area contributed by atoms with E-state index in [2.05, 4.69) is 9.98 Å². The highest BCUT2D eigenvalue weighted by Crippen LogP contribution is 1.86. The molecule has 0 unspecified atom stereocenters. The summed E-state index contributed by atoms with van der Waals surface area (Å²) in [7, 11) is -3.52. The summed E-state index contributed by atoms with van der Waals surface area (Å²) in [6.07, 6.45) is 0.0276. The minimum absolute atomic E-state index is 0.0276. The predicted octanol–water partition coefficient (Wildman–Crippen LogP) is -1.13. The van der Waals surface area contributed by atoms with Gasteiger partial charge >= 0.3 is 0 Å². The Hall–Kier alpha value is -0.890. The fourth-order valence-corrected chi connectivity index (χ4v) is 0.919. The predicted molar refractivity (Wildman–Crippen MR) is 35.5 cm³/mol. The Bertz CT molecular complexity index is 222. The highest BCUT2D eigenvalue weighted by atomic mass is 32.2. The van der Waals surface area contributed by atoms with Crippen LogP contribution in [0.15, 0.2) is 0 Å². The van der Waals surface area contributed by atoms with Crippen molar-refractivity contribution in [1.82, 2.24) is 0 Å². The third kappa shape index (κ3) is 9.11. The molecule has 0 aliphatic carbocycles. The van der Waals surface area contributed by atoms with E-state index in [0.29, 0.717) is 0 Å². The van der Waals surface area contributed by atoms with Crippen LogP contribution in [0.25, 0.3) is 0 Å². The van der Waals surface area contributed by atoms with E-state index in [1.165, 1.54) is 0 Å². The van der Waals surface area contributed by atoms with E-state index in [9.17, 15) is 18.5 Å². The molecule has 0 aliphatic rings. The van der Waals surface area contributed by atoms with Crippen molar-refractivity contribution >= 4 is 10.0 Å². The molecule has 0 aromatic rings. The van der Waals surface area contributed by atoms with E-state index in [1.807, 2.05) is 0 Å². The average Bonchev–Trinajstić information content (AvgIpc) is 1.78. The number of hydrogen-bond acceptors (Lipinski definition) is 5. The van der Waals surface area contributed by atoms with Gasteiger partial charge in [0, 0.05) is 0 Å². The normalized spacial score (nSPS) is 11.0. The molecule has 0 spiro atoms. The lowest BCUT2D eigenvalue weighted by Gasteiger charge is -1.96. The molecule has 2 N–H and O–H groups in total. The highest BCUT2D eigenvalue weighted by Gasteiger charge is 2.02. The largest absolute Gasteiger partial charge is 0.314 e. The van der Waals surface area contributed by atoms with Crippen molar-refractivity contribution < 1.29 is 18.3 Å². The van der Waals surface area contributed by atoms with Crippen LogP contribution in [0.2, 0.25) is 0 Å². The van der Waals surface area contributed by atoms with Gasteiger partial charge in [-0.2, -0.15) is 0 Å². The Labute approximate surface area is 63.3 Å². The Balaban J connectivity index is 3.37. The highest BCUT2D eigenvalue weighted by molar-refractivity contribution is 7.89. The number of sulfonamides is 1. The molecule has 0 saturated heterocycles. The van der Waals surface area contributed by atoms with Gasteiger partial charge in [-0.3, -0.25) is 0 Å². The zero-order valence-electron chi connectivity index (χ0n) is 5.60. The SMILES string of the molecule is NS(=O)(=O)CCCO[N+](=O)[O-]. The Morgan fingerprint density at radius 1 is 1.55 bits per heavy atom. The molecule has 0 aliphatic heterocycles. The maximum Gasteiger partial charge on any atom is 0.294 e. The van der Waals surface area contributed by atoms with Crippen LogP contribution in [0.3, 0.4) is 0 Å². The molecule has 0 aromatic heterocycles. The van der Waals surface area contributed by atoms with Crippen molar-refractivity contribution in [3.8, 4) is 0 Å². The van der Waals surface area contributed by atoms with Crippen molar-refractivity contribution in [3.05, 3.63) is 10.1 Å². The first-order chi connectivity index (χ1) is 4.92. The molecule has 0 heterocycles. The monoisotopic (exact) mass is 184 g/mol. The zero-order chi connectivity index (χ0) is 8.91. The number of hydrogen-bond donors (Lipinski definition) is 1. The van der Waals surface area contributed by atoms with E-state index in [0.717, 1.165) is 0 Å². The fourth-order valence-electron chi connectivity index (χ4n) is 0.399. The van der Waals surface area contributed by atoms with E-state index in [-0.39, 0.29) is 18.8 Å². The summed E-state index contributed by atoms with van der Waals surface area (Å²) < 4.78 is 20.5. The molecular weight excluding hydrogens is 176 g/mol. The molecule has 8 heteroatoms. The molecule has 0 bridgehead atoms. The lowest BCUT2D eigenvalue weighted by molar-refractivity contribution is -0.757. The summed E-state index contributed by atoms with van der Waals surface area (Å²) in [5, 5.41) is 13.1. The van der Waals surface area contributed by atoms with Gasteiger partial charge in [0.15, 0.2) is 0 Å².